The number of carbonyl (C=O) groups excluding carboxylic acids is 1. The average Bonchev–Trinajstić information content (AvgIpc) is 2.56. The van der Waals surface area contributed by atoms with Gasteiger partial charge >= 0.3 is 5.69 Å². The molecule has 2 aromatic carbocycles. The molecule has 124 valence electrons. The lowest BCUT2D eigenvalue weighted by Gasteiger charge is -2.05. The first-order chi connectivity index (χ1) is 11.4. The Labute approximate surface area is 145 Å². The lowest BCUT2D eigenvalue weighted by atomic mass is 10.2. The minimum atomic E-state index is -0.741. The summed E-state index contributed by atoms with van der Waals surface area (Å²) in [5.74, 6) is -1.08. The van der Waals surface area contributed by atoms with Crippen molar-refractivity contribution >= 4 is 33.7 Å². The molecule has 0 fully saturated rings. The van der Waals surface area contributed by atoms with Crippen molar-refractivity contribution in [2.75, 3.05) is 7.11 Å². The molecule has 0 bridgehead atoms. The second kappa shape index (κ2) is 7.55. The minimum absolute atomic E-state index is 0.0669. The summed E-state index contributed by atoms with van der Waals surface area (Å²) in [6.07, 6.45) is 1.21. The Morgan fingerprint density at radius 3 is 2.75 bits per heavy atom. The predicted octanol–water partition coefficient (Wildman–Crippen LogP) is 2.84. The van der Waals surface area contributed by atoms with Crippen LogP contribution in [0.1, 0.15) is 15.9 Å². The van der Waals surface area contributed by atoms with E-state index in [1.54, 1.807) is 24.3 Å². The summed E-state index contributed by atoms with van der Waals surface area (Å²) in [5, 5.41) is 24.4. The number of nitrogens with one attached hydrogen (secondary N) is 1. The Morgan fingerprint density at radius 2 is 2.12 bits per heavy atom. The van der Waals surface area contributed by atoms with Crippen LogP contribution in [0.2, 0.25) is 0 Å². The maximum atomic E-state index is 12.0. The number of rotatable bonds is 5. The van der Waals surface area contributed by atoms with Crippen molar-refractivity contribution in [1.29, 1.82) is 0 Å². The smallest absolute Gasteiger partial charge is 0.315 e. The number of benzene rings is 2. The van der Waals surface area contributed by atoms with Gasteiger partial charge in [-0.3, -0.25) is 14.9 Å². The number of phenolic OH excluding ortho intramolecular Hbond substituents is 1. The summed E-state index contributed by atoms with van der Waals surface area (Å²) in [7, 11) is 1.27. The Bertz CT molecular complexity index is 823. The highest BCUT2D eigenvalue weighted by molar-refractivity contribution is 9.10. The average molecular weight is 394 g/mol. The number of carbonyl (C=O) groups is 1. The highest BCUT2D eigenvalue weighted by Gasteiger charge is 2.19. The van der Waals surface area contributed by atoms with E-state index in [-0.39, 0.29) is 11.3 Å². The Balaban J connectivity index is 2.20. The molecular weight excluding hydrogens is 382 g/mol. The number of nitro groups is 1. The fraction of sp³-hybridized carbons (Fsp3) is 0.0667. The van der Waals surface area contributed by atoms with E-state index in [1.165, 1.54) is 19.4 Å². The third kappa shape index (κ3) is 3.87. The molecule has 0 heterocycles. The third-order valence-corrected chi connectivity index (χ3v) is 3.68. The third-order valence-electron chi connectivity index (χ3n) is 2.99. The van der Waals surface area contributed by atoms with Crippen LogP contribution in [0.15, 0.2) is 46.0 Å². The van der Waals surface area contributed by atoms with Crippen molar-refractivity contribution in [2.24, 2.45) is 5.10 Å². The van der Waals surface area contributed by atoms with Crippen molar-refractivity contribution in [3.63, 3.8) is 0 Å². The van der Waals surface area contributed by atoms with E-state index in [2.05, 4.69) is 26.5 Å². The van der Waals surface area contributed by atoms with Crippen LogP contribution in [-0.4, -0.2) is 29.3 Å². The number of hydrazone groups is 1. The number of ether oxygens (including phenoxy) is 1. The number of amides is 1. The number of phenols is 1. The molecule has 0 aliphatic rings. The van der Waals surface area contributed by atoms with Gasteiger partial charge in [0.25, 0.3) is 5.91 Å². The van der Waals surface area contributed by atoms with E-state index in [1.807, 2.05) is 0 Å². The molecule has 0 saturated carbocycles. The van der Waals surface area contributed by atoms with Crippen LogP contribution in [0.4, 0.5) is 5.69 Å². The lowest BCUT2D eigenvalue weighted by Crippen LogP contribution is -2.18. The van der Waals surface area contributed by atoms with E-state index in [0.29, 0.717) is 10.0 Å². The van der Waals surface area contributed by atoms with Crippen LogP contribution < -0.4 is 10.2 Å². The zero-order chi connectivity index (χ0) is 17.7. The topological polar surface area (TPSA) is 114 Å². The summed E-state index contributed by atoms with van der Waals surface area (Å²) in [6, 6.07) is 9.28. The van der Waals surface area contributed by atoms with Crippen LogP contribution >= 0.6 is 15.9 Å². The van der Waals surface area contributed by atoms with E-state index in [9.17, 15) is 20.0 Å². The first-order valence-electron chi connectivity index (χ1n) is 6.57. The fourth-order valence-corrected chi connectivity index (χ4v) is 2.32. The predicted molar refractivity (Wildman–Crippen MR) is 90.5 cm³/mol. The second-order valence-corrected chi connectivity index (χ2v) is 5.38. The molecule has 0 unspecified atom stereocenters. The molecule has 0 aliphatic carbocycles. The molecule has 0 radical (unpaired) electrons. The molecule has 24 heavy (non-hydrogen) atoms. The first kappa shape index (κ1) is 17.4. The molecule has 0 saturated heterocycles. The standard InChI is InChI=1S/C15H12BrN3O5/c1-24-13-7-9(6-12(14(13)20)19(22)23)8-17-18-15(21)10-4-2-3-5-11(10)16/h2-8,20H,1H3,(H,18,21). The number of nitro benzene ring substituents is 1. The molecule has 0 spiro atoms. The van der Waals surface area contributed by atoms with Crippen molar-refractivity contribution in [1.82, 2.24) is 5.43 Å². The van der Waals surface area contributed by atoms with Crippen LogP contribution in [0.3, 0.4) is 0 Å². The molecule has 1 amide bonds. The van der Waals surface area contributed by atoms with Gasteiger partial charge in [-0.25, -0.2) is 5.43 Å². The molecule has 2 aromatic rings. The number of hydrogen-bond donors (Lipinski definition) is 2. The molecule has 9 heteroatoms. The Hall–Kier alpha value is -2.94. The SMILES string of the molecule is COc1cc(C=NNC(=O)c2ccccc2Br)cc([N+](=O)[O-])c1O. The summed E-state index contributed by atoms with van der Waals surface area (Å²) in [4.78, 5) is 22.2. The van der Waals surface area contributed by atoms with E-state index in [0.717, 1.165) is 6.07 Å². The number of aromatic hydroxyl groups is 1. The monoisotopic (exact) mass is 393 g/mol. The number of nitrogens with zero attached hydrogens (tertiary/aromatic N) is 2. The van der Waals surface area contributed by atoms with Gasteiger partial charge < -0.3 is 9.84 Å². The van der Waals surface area contributed by atoms with Gasteiger partial charge in [0.1, 0.15) is 0 Å². The van der Waals surface area contributed by atoms with Gasteiger partial charge in [0.2, 0.25) is 5.75 Å². The molecule has 2 rings (SSSR count). The summed E-state index contributed by atoms with van der Waals surface area (Å²) < 4.78 is 5.49. The minimum Gasteiger partial charge on any atom is -0.500 e. The summed E-state index contributed by atoms with van der Waals surface area (Å²) >= 11 is 3.25. The van der Waals surface area contributed by atoms with E-state index in [4.69, 9.17) is 4.74 Å². The maximum Gasteiger partial charge on any atom is 0.315 e. The second-order valence-electron chi connectivity index (χ2n) is 4.53. The van der Waals surface area contributed by atoms with Gasteiger partial charge in [-0.15, -0.1) is 0 Å². The van der Waals surface area contributed by atoms with Crippen LogP contribution in [0, 0.1) is 10.1 Å². The van der Waals surface area contributed by atoms with Gasteiger partial charge in [-0.2, -0.15) is 5.10 Å². The molecule has 0 aliphatic heterocycles. The Kier molecular flexibility index (Phi) is 5.48. The van der Waals surface area contributed by atoms with Gasteiger partial charge in [0, 0.05) is 16.1 Å². The maximum absolute atomic E-state index is 12.0. The van der Waals surface area contributed by atoms with Crippen molar-refractivity contribution in [3.05, 3.63) is 62.1 Å². The van der Waals surface area contributed by atoms with Crippen LogP contribution in [-0.2, 0) is 0 Å². The Morgan fingerprint density at radius 1 is 1.42 bits per heavy atom. The van der Waals surface area contributed by atoms with Gasteiger partial charge in [0.05, 0.1) is 23.8 Å². The van der Waals surface area contributed by atoms with Crippen molar-refractivity contribution in [2.45, 2.75) is 0 Å². The fourth-order valence-electron chi connectivity index (χ4n) is 1.85. The zero-order valence-electron chi connectivity index (χ0n) is 12.4. The first-order valence-corrected chi connectivity index (χ1v) is 7.36. The van der Waals surface area contributed by atoms with Crippen molar-refractivity contribution in [3.8, 4) is 11.5 Å². The normalized spacial score (nSPS) is 10.6. The lowest BCUT2D eigenvalue weighted by molar-refractivity contribution is -0.386. The number of hydrogen-bond acceptors (Lipinski definition) is 6. The van der Waals surface area contributed by atoms with E-state index < -0.39 is 22.3 Å². The quantitative estimate of drug-likeness (QED) is 0.460. The van der Waals surface area contributed by atoms with E-state index >= 15 is 0 Å². The molecule has 8 nitrogen and oxygen atoms in total. The van der Waals surface area contributed by atoms with Crippen LogP contribution in [0.5, 0.6) is 11.5 Å². The molecule has 0 aromatic heterocycles. The largest absolute Gasteiger partial charge is 0.500 e. The summed E-state index contributed by atoms with van der Waals surface area (Å²) in [5.41, 5.74) is 2.47. The zero-order valence-corrected chi connectivity index (χ0v) is 14.0. The highest BCUT2D eigenvalue weighted by Crippen LogP contribution is 2.36. The van der Waals surface area contributed by atoms with Crippen LogP contribution in [0.25, 0.3) is 0 Å². The number of methoxy groups -OCH3 is 1. The highest BCUT2D eigenvalue weighted by atomic mass is 79.9. The van der Waals surface area contributed by atoms with Gasteiger partial charge in [0.15, 0.2) is 5.75 Å². The molecule has 2 N–H and O–H groups in total. The van der Waals surface area contributed by atoms with Gasteiger partial charge in [-0.05, 0) is 34.1 Å². The molecule has 0 atom stereocenters. The number of halogens is 1. The molecular formula is C15H12BrN3O5. The van der Waals surface area contributed by atoms with Crippen molar-refractivity contribution < 1.29 is 19.6 Å². The van der Waals surface area contributed by atoms with Gasteiger partial charge in [-0.1, -0.05) is 12.1 Å². The summed E-state index contributed by atoms with van der Waals surface area (Å²) in [6.45, 7) is 0.